The second-order valence-corrected chi connectivity index (χ2v) is 7.56. The van der Waals surface area contributed by atoms with Crippen molar-refractivity contribution in [2.24, 2.45) is 20.0 Å². The Kier molecular flexibility index (Phi) is 10.9. The fourth-order valence-corrected chi connectivity index (χ4v) is 3.92. The highest BCUT2D eigenvalue weighted by molar-refractivity contribution is 14.0. The molecular weight excluding hydrogens is 890 g/mol. The smallest absolute Gasteiger partial charge is 0.0756 e. The monoisotopic (exact) mass is 911 g/mol. The van der Waals surface area contributed by atoms with Crippen molar-refractivity contribution < 1.29 is 0 Å². The predicted octanol–water partition coefficient (Wildman–Crippen LogP) is 7.36. The number of pyridine rings is 1. The number of allylic oxidation sites excluding steroid dienone is 12. The molecule has 0 fully saturated rings. The maximum atomic E-state index is 4.93. The Balaban J connectivity index is 0.00000108. The Morgan fingerprint density at radius 2 is 1.11 bits per heavy atom. The van der Waals surface area contributed by atoms with Gasteiger partial charge in [-0.3, -0.25) is 4.98 Å². The topological polar surface area (TPSA) is 62.3 Å². The van der Waals surface area contributed by atoms with Gasteiger partial charge in [-0.25, -0.2) is 20.0 Å². The summed E-state index contributed by atoms with van der Waals surface area (Å²) in [7, 11) is 0. The van der Waals surface area contributed by atoms with Crippen LogP contribution in [0.2, 0.25) is 0 Å². The maximum absolute atomic E-state index is 4.93. The molecule has 0 saturated carbocycles. The van der Waals surface area contributed by atoms with E-state index in [4.69, 9.17) is 15.0 Å². The average molecular weight is 911 g/mol. The molecule has 178 valence electrons. The Morgan fingerprint density at radius 3 is 1.66 bits per heavy atom. The van der Waals surface area contributed by atoms with E-state index in [0.29, 0.717) is 0 Å². The number of aromatic nitrogens is 1. The van der Waals surface area contributed by atoms with Gasteiger partial charge in [-0.2, -0.15) is 0 Å². The molecule has 5 aliphatic rings. The molecular formula is C26H21I4N5. The molecule has 1 aromatic heterocycles. The van der Waals surface area contributed by atoms with E-state index in [9.17, 15) is 0 Å². The minimum atomic E-state index is 0. The number of fused-ring (bicyclic) bond motifs is 4. The second-order valence-electron chi connectivity index (χ2n) is 7.56. The Hall–Kier alpha value is -1.33. The fraction of sp³-hybridized carbons (Fsp3) is 0.0385. The van der Waals surface area contributed by atoms with Gasteiger partial charge < -0.3 is 0 Å². The molecule has 5 nitrogen and oxygen atoms in total. The van der Waals surface area contributed by atoms with Gasteiger partial charge in [0.15, 0.2) is 0 Å². The van der Waals surface area contributed by atoms with Crippen LogP contribution in [0.5, 0.6) is 0 Å². The SMILES string of the molecule is CC1=C(c2ccccn2)C2=NC1=CC1=NC(=CC3=NC(=CC4=NC(=C2)C=C4)C=C3)C=C1.I.I.I.I. The zero-order chi connectivity index (χ0) is 20.8. The summed E-state index contributed by atoms with van der Waals surface area (Å²) in [6, 6.07) is 5.92. The lowest BCUT2D eigenvalue weighted by molar-refractivity contribution is 1.27. The van der Waals surface area contributed by atoms with Gasteiger partial charge in [0.05, 0.1) is 51.3 Å². The molecule has 1 aromatic rings. The average Bonchev–Trinajstić information content (AvgIpc) is 3.55. The molecule has 35 heavy (non-hydrogen) atoms. The quantitative estimate of drug-likeness (QED) is 0.272. The normalized spacial score (nSPS) is 18.4. The van der Waals surface area contributed by atoms with Crippen molar-refractivity contribution in [2.75, 3.05) is 0 Å². The molecule has 0 atom stereocenters. The van der Waals surface area contributed by atoms with Crippen LogP contribution in [-0.4, -0.2) is 27.8 Å². The highest BCUT2D eigenvalue weighted by atomic mass is 127. The third-order valence-electron chi connectivity index (χ3n) is 5.39. The van der Waals surface area contributed by atoms with Gasteiger partial charge in [0.1, 0.15) is 0 Å². The lowest BCUT2D eigenvalue weighted by atomic mass is 10.0. The number of aliphatic imine (C=N–C) groups is 4. The van der Waals surface area contributed by atoms with E-state index in [1.54, 1.807) is 6.20 Å². The van der Waals surface area contributed by atoms with Crippen molar-refractivity contribution in [2.45, 2.75) is 6.92 Å². The highest BCUT2D eigenvalue weighted by Gasteiger charge is 2.23. The molecule has 0 saturated heterocycles. The summed E-state index contributed by atoms with van der Waals surface area (Å²) >= 11 is 0. The van der Waals surface area contributed by atoms with Crippen molar-refractivity contribution in [1.29, 1.82) is 0 Å². The van der Waals surface area contributed by atoms with E-state index in [1.807, 2.05) is 79.0 Å². The van der Waals surface area contributed by atoms with E-state index in [0.717, 1.165) is 62.5 Å². The van der Waals surface area contributed by atoms with Crippen molar-refractivity contribution in [3.8, 4) is 0 Å². The maximum Gasteiger partial charge on any atom is 0.0756 e. The van der Waals surface area contributed by atoms with Gasteiger partial charge in [-0.15, -0.1) is 95.9 Å². The number of hydrogen-bond donors (Lipinski definition) is 0. The summed E-state index contributed by atoms with van der Waals surface area (Å²) in [5, 5.41) is 0. The van der Waals surface area contributed by atoms with Gasteiger partial charge in [0.25, 0.3) is 0 Å². The van der Waals surface area contributed by atoms with Gasteiger partial charge in [-0.1, -0.05) is 6.07 Å². The molecule has 0 N–H and O–H groups in total. The Morgan fingerprint density at radius 1 is 0.571 bits per heavy atom. The predicted molar refractivity (Wildman–Crippen MR) is 188 cm³/mol. The first-order valence-corrected chi connectivity index (χ1v) is 10.1. The second kappa shape index (κ2) is 12.8. The standard InChI is InChI=1S/C26H17N5.4HI/c1-16-24-14-21-9-7-19(29-21)12-17-5-6-18(28-17)13-20-8-10-22(30-20)15-25(31-24)26(16)23-4-2-3-11-27-23;;;;/h2-15H,1H3;4*1H. The molecule has 0 amide bonds. The minimum absolute atomic E-state index is 0. The van der Waals surface area contributed by atoms with Gasteiger partial charge in [0, 0.05) is 11.8 Å². The summed E-state index contributed by atoms with van der Waals surface area (Å²) in [4.78, 5) is 23.6. The van der Waals surface area contributed by atoms with E-state index < -0.39 is 0 Å². The van der Waals surface area contributed by atoms with Crippen LogP contribution >= 0.6 is 95.9 Å². The van der Waals surface area contributed by atoms with Crippen LogP contribution in [0.25, 0.3) is 5.57 Å². The zero-order valence-corrected chi connectivity index (χ0v) is 27.8. The Labute approximate surface area is 272 Å². The molecule has 9 heteroatoms. The summed E-state index contributed by atoms with van der Waals surface area (Å²) in [6.45, 7) is 2.08. The first kappa shape index (κ1) is 29.9. The molecule has 0 unspecified atom stereocenters. The van der Waals surface area contributed by atoms with Crippen molar-refractivity contribution in [1.82, 2.24) is 4.98 Å². The Bertz CT molecular complexity index is 1410. The van der Waals surface area contributed by atoms with Crippen molar-refractivity contribution >= 4 is 124 Å². The molecule has 0 aliphatic carbocycles. The van der Waals surface area contributed by atoms with E-state index >= 15 is 0 Å². The van der Waals surface area contributed by atoms with Crippen LogP contribution < -0.4 is 0 Å². The summed E-state index contributed by atoms with van der Waals surface area (Å²) < 4.78 is 0. The van der Waals surface area contributed by atoms with Crippen molar-refractivity contribution in [3.63, 3.8) is 0 Å². The van der Waals surface area contributed by atoms with Crippen LogP contribution in [0, 0.1) is 0 Å². The lowest BCUT2D eigenvalue weighted by Gasteiger charge is -2.04. The molecule has 5 aliphatic heterocycles. The van der Waals surface area contributed by atoms with Crippen LogP contribution in [0.1, 0.15) is 12.6 Å². The first-order chi connectivity index (χ1) is 15.2. The number of hydrogen-bond acceptors (Lipinski definition) is 5. The minimum Gasteiger partial charge on any atom is -0.256 e. The molecule has 0 spiro atoms. The highest BCUT2D eigenvalue weighted by Crippen LogP contribution is 2.33. The lowest BCUT2D eigenvalue weighted by Crippen LogP contribution is -1.99. The van der Waals surface area contributed by atoms with Crippen LogP contribution in [-0.2, 0) is 0 Å². The van der Waals surface area contributed by atoms with Gasteiger partial charge in [0.2, 0.25) is 0 Å². The number of nitrogens with zero attached hydrogens (tertiary/aromatic N) is 5. The van der Waals surface area contributed by atoms with Crippen molar-refractivity contribution in [3.05, 3.63) is 119 Å². The summed E-state index contributed by atoms with van der Waals surface area (Å²) in [6.07, 6.45) is 21.8. The molecule has 6 heterocycles. The molecule has 6 rings (SSSR count). The molecule has 0 aromatic carbocycles. The van der Waals surface area contributed by atoms with Crippen LogP contribution in [0.15, 0.2) is 133 Å². The molecule has 8 bridgehead atoms. The fourth-order valence-electron chi connectivity index (χ4n) is 3.92. The number of rotatable bonds is 1. The van der Waals surface area contributed by atoms with Crippen LogP contribution in [0.4, 0.5) is 0 Å². The third-order valence-corrected chi connectivity index (χ3v) is 5.39. The number of halogens is 4. The van der Waals surface area contributed by atoms with E-state index in [1.165, 1.54) is 0 Å². The zero-order valence-electron chi connectivity index (χ0n) is 18.5. The largest absolute Gasteiger partial charge is 0.256 e. The van der Waals surface area contributed by atoms with Gasteiger partial charge in [-0.05, 0) is 85.4 Å². The third kappa shape index (κ3) is 6.33. The van der Waals surface area contributed by atoms with Crippen LogP contribution in [0.3, 0.4) is 0 Å². The molecule has 0 radical (unpaired) electrons. The summed E-state index contributed by atoms with van der Waals surface area (Å²) in [5.41, 5.74) is 9.94. The van der Waals surface area contributed by atoms with E-state index in [-0.39, 0.29) is 95.9 Å². The first-order valence-electron chi connectivity index (χ1n) is 10.1. The van der Waals surface area contributed by atoms with E-state index in [2.05, 4.69) is 16.9 Å². The summed E-state index contributed by atoms with van der Waals surface area (Å²) in [5.74, 6) is 0. The van der Waals surface area contributed by atoms with Gasteiger partial charge >= 0.3 is 0 Å².